The number of carbonyl (C=O) groups is 2. The molecule has 0 saturated carbocycles. The van der Waals surface area contributed by atoms with Crippen LogP contribution in [0.1, 0.15) is 19.8 Å². The number of carbonyl (C=O) groups excluding carboxylic acids is 2. The predicted octanol–water partition coefficient (Wildman–Crippen LogP) is 2.26. The highest BCUT2D eigenvalue weighted by molar-refractivity contribution is 5.91. The van der Waals surface area contributed by atoms with Gasteiger partial charge in [-0.1, -0.05) is 6.07 Å². The van der Waals surface area contributed by atoms with Crippen LogP contribution in [0.2, 0.25) is 0 Å². The molecule has 182 valence electrons. The fraction of sp³-hybridized carbons (Fsp3) is 0.450. The number of hydrazine groups is 1. The number of alkyl halides is 3. The minimum absolute atomic E-state index is 0.0520. The van der Waals surface area contributed by atoms with Crippen molar-refractivity contribution in [3.63, 3.8) is 0 Å². The lowest BCUT2D eigenvalue weighted by molar-refractivity contribution is -0.201. The van der Waals surface area contributed by atoms with Gasteiger partial charge in [0, 0.05) is 30.2 Å². The van der Waals surface area contributed by atoms with Crippen molar-refractivity contribution in [2.24, 2.45) is 0 Å². The first-order valence-electron chi connectivity index (χ1n) is 10.1. The largest absolute Gasteiger partial charge is 0.497 e. The van der Waals surface area contributed by atoms with E-state index in [-0.39, 0.29) is 6.04 Å². The number of nitrogens with one attached hydrogen (secondary N) is 5. The minimum atomic E-state index is -4.85. The van der Waals surface area contributed by atoms with Crippen molar-refractivity contribution in [2.75, 3.05) is 25.5 Å². The summed E-state index contributed by atoms with van der Waals surface area (Å²) in [6.07, 6.45) is -4.52. The molecule has 0 bridgehead atoms. The maximum Gasteiger partial charge on any atom is 0.416 e. The van der Waals surface area contributed by atoms with Crippen molar-refractivity contribution in [3.05, 3.63) is 30.5 Å². The number of methoxy groups -OCH3 is 1. The maximum atomic E-state index is 12.2. The number of hydrogen-bond acceptors (Lipinski definition) is 6. The minimum Gasteiger partial charge on any atom is -0.497 e. The third-order valence-corrected chi connectivity index (χ3v) is 4.54. The molecule has 33 heavy (non-hydrogen) atoms. The van der Waals surface area contributed by atoms with Crippen molar-refractivity contribution >= 4 is 28.7 Å². The zero-order valence-electron chi connectivity index (χ0n) is 18.1. The highest BCUT2D eigenvalue weighted by atomic mass is 19.4. The molecule has 1 heterocycles. The monoisotopic (exact) mass is 472 g/mol. The van der Waals surface area contributed by atoms with Crippen LogP contribution in [0.3, 0.4) is 0 Å². The molecule has 0 aliphatic carbocycles. The van der Waals surface area contributed by atoms with Crippen LogP contribution in [-0.4, -0.2) is 60.7 Å². The number of amides is 4. The number of aliphatic hydroxyl groups is 1. The second-order valence-electron chi connectivity index (χ2n) is 7.21. The van der Waals surface area contributed by atoms with E-state index in [4.69, 9.17) is 9.84 Å². The smallest absolute Gasteiger partial charge is 0.416 e. The zero-order valence-corrected chi connectivity index (χ0v) is 18.1. The van der Waals surface area contributed by atoms with Crippen molar-refractivity contribution in [1.29, 1.82) is 0 Å². The highest BCUT2D eigenvalue weighted by Gasteiger charge is 2.38. The van der Waals surface area contributed by atoms with Crippen LogP contribution in [0.4, 0.5) is 28.4 Å². The number of urea groups is 2. The Morgan fingerprint density at radius 1 is 1.18 bits per heavy atom. The first-order valence-corrected chi connectivity index (χ1v) is 10.1. The van der Waals surface area contributed by atoms with E-state index in [1.165, 1.54) is 0 Å². The molecule has 0 saturated heterocycles. The number of hydrogen-bond donors (Lipinski definition) is 6. The number of rotatable bonds is 9. The van der Waals surface area contributed by atoms with E-state index >= 15 is 0 Å². The Morgan fingerprint density at radius 3 is 2.55 bits per heavy atom. The molecule has 2 unspecified atom stereocenters. The summed E-state index contributed by atoms with van der Waals surface area (Å²) in [6.45, 7) is 1.24. The molecule has 13 heteroatoms. The van der Waals surface area contributed by atoms with Crippen molar-refractivity contribution in [1.82, 2.24) is 26.5 Å². The number of pyridine rings is 1. The van der Waals surface area contributed by atoms with E-state index in [0.29, 0.717) is 25.1 Å². The average Bonchev–Trinajstić information content (AvgIpc) is 2.78. The van der Waals surface area contributed by atoms with Gasteiger partial charge in [-0.05, 0) is 31.9 Å². The SMILES string of the molecule is COc1cc(NC(C)CCCNC(=O)NNC(=O)NCC(O)C(F)(F)F)c2ncccc2c1. The Labute approximate surface area is 188 Å². The molecule has 10 nitrogen and oxygen atoms in total. The molecule has 1 aromatic carbocycles. The third kappa shape index (κ3) is 8.52. The summed E-state index contributed by atoms with van der Waals surface area (Å²) in [6, 6.07) is 5.77. The third-order valence-electron chi connectivity index (χ3n) is 4.54. The van der Waals surface area contributed by atoms with Gasteiger partial charge in [0.1, 0.15) is 5.75 Å². The van der Waals surface area contributed by atoms with E-state index in [9.17, 15) is 22.8 Å². The molecule has 0 radical (unpaired) electrons. The average molecular weight is 472 g/mol. The number of aliphatic hydroxyl groups excluding tert-OH is 1. The van der Waals surface area contributed by atoms with Crippen LogP contribution in [0.15, 0.2) is 30.5 Å². The van der Waals surface area contributed by atoms with Crippen molar-refractivity contribution in [2.45, 2.75) is 38.1 Å². The molecule has 0 aliphatic heterocycles. The summed E-state index contributed by atoms with van der Waals surface area (Å²) in [7, 11) is 1.59. The number of aromatic nitrogens is 1. The van der Waals surface area contributed by atoms with Crippen LogP contribution in [0, 0.1) is 0 Å². The van der Waals surface area contributed by atoms with Gasteiger partial charge in [0.05, 0.1) is 24.9 Å². The Hall–Kier alpha value is -3.48. The Balaban J connectivity index is 1.68. The fourth-order valence-corrected chi connectivity index (χ4v) is 2.85. The van der Waals surface area contributed by atoms with E-state index < -0.39 is 30.9 Å². The Bertz CT molecular complexity index is 944. The molecule has 6 N–H and O–H groups in total. The number of benzene rings is 1. The molecule has 4 amide bonds. The molecule has 2 rings (SSSR count). The molecule has 0 aliphatic rings. The lowest BCUT2D eigenvalue weighted by Crippen LogP contribution is -2.52. The van der Waals surface area contributed by atoms with E-state index in [0.717, 1.165) is 16.6 Å². The fourth-order valence-electron chi connectivity index (χ4n) is 2.85. The number of anilines is 1. The van der Waals surface area contributed by atoms with Crippen LogP contribution < -0.4 is 31.5 Å². The summed E-state index contributed by atoms with van der Waals surface area (Å²) in [5.41, 5.74) is 5.51. The lowest BCUT2D eigenvalue weighted by atomic mass is 10.1. The first-order chi connectivity index (χ1) is 15.6. The van der Waals surface area contributed by atoms with Gasteiger partial charge in [0.25, 0.3) is 0 Å². The lowest BCUT2D eigenvalue weighted by Gasteiger charge is -2.18. The molecular weight excluding hydrogens is 445 g/mol. The normalized spacial score (nSPS) is 13.0. The summed E-state index contributed by atoms with van der Waals surface area (Å²) in [5.74, 6) is 0.702. The van der Waals surface area contributed by atoms with Gasteiger partial charge >= 0.3 is 18.2 Å². The van der Waals surface area contributed by atoms with Crippen LogP contribution in [-0.2, 0) is 0 Å². The van der Waals surface area contributed by atoms with Crippen molar-refractivity contribution < 1.29 is 32.6 Å². The standard InChI is InChI=1S/C20H27F3N6O4/c1-12(27-15-10-14(33-2)9-13-6-4-7-24-17(13)15)5-3-8-25-18(31)28-29-19(32)26-11-16(30)20(21,22)23/h4,6-7,9-10,12,16,27,30H,3,5,8,11H2,1-2H3,(H2,25,28,31)(H2,26,29,32). The predicted molar refractivity (Wildman–Crippen MR) is 116 cm³/mol. The molecule has 0 spiro atoms. The quantitative estimate of drug-likeness (QED) is 0.245. The van der Waals surface area contributed by atoms with Gasteiger partial charge in [-0.3, -0.25) is 4.98 Å². The Kier molecular flexibility index (Phi) is 9.33. The highest BCUT2D eigenvalue weighted by Crippen LogP contribution is 2.28. The van der Waals surface area contributed by atoms with Gasteiger partial charge < -0.3 is 25.8 Å². The molecule has 0 fully saturated rings. The van der Waals surface area contributed by atoms with Gasteiger partial charge in [-0.15, -0.1) is 0 Å². The number of nitrogens with zero attached hydrogens (tertiary/aromatic N) is 1. The first kappa shape index (κ1) is 25.8. The van der Waals surface area contributed by atoms with Crippen LogP contribution in [0.25, 0.3) is 10.9 Å². The zero-order chi connectivity index (χ0) is 24.4. The molecule has 2 atom stereocenters. The van der Waals surface area contributed by atoms with Crippen molar-refractivity contribution in [3.8, 4) is 5.75 Å². The summed E-state index contributed by atoms with van der Waals surface area (Å²) < 4.78 is 41.8. The van der Waals surface area contributed by atoms with Gasteiger partial charge in [-0.25, -0.2) is 20.4 Å². The van der Waals surface area contributed by atoms with Gasteiger partial charge in [0.15, 0.2) is 6.10 Å². The molecular formula is C20H27F3N6O4. The summed E-state index contributed by atoms with van der Waals surface area (Å²) in [4.78, 5) is 27.4. The Morgan fingerprint density at radius 2 is 1.88 bits per heavy atom. The maximum absolute atomic E-state index is 12.2. The van der Waals surface area contributed by atoms with Gasteiger partial charge in [0.2, 0.25) is 0 Å². The van der Waals surface area contributed by atoms with E-state index in [1.807, 2.05) is 42.0 Å². The molecule has 1 aromatic heterocycles. The number of halogens is 3. The van der Waals surface area contributed by atoms with Crippen LogP contribution >= 0.6 is 0 Å². The van der Waals surface area contributed by atoms with Crippen LogP contribution in [0.5, 0.6) is 5.75 Å². The number of ether oxygens (including phenoxy) is 1. The summed E-state index contributed by atoms with van der Waals surface area (Å²) >= 11 is 0. The topological polar surface area (TPSA) is 137 Å². The number of fused-ring (bicyclic) bond motifs is 1. The second kappa shape index (κ2) is 11.9. The van der Waals surface area contributed by atoms with Gasteiger partial charge in [-0.2, -0.15) is 13.2 Å². The summed E-state index contributed by atoms with van der Waals surface area (Å²) in [5, 5.41) is 17.4. The van der Waals surface area contributed by atoms with E-state index in [1.54, 1.807) is 18.6 Å². The van der Waals surface area contributed by atoms with E-state index in [2.05, 4.69) is 15.6 Å². The molecule has 2 aromatic rings. The second-order valence-corrected chi connectivity index (χ2v) is 7.21.